The summed E-state index contributed by atoms with van der Waals surface area (Å²) in [5, 5.41) is 12.8. The van der Waals surface area contributed by atoms with Gasteiger partial charge in [0.1, 0.15) is 0 Å². The van der Waals surface area contributed by atoms with Crippen molar-refractivity contribution < 1.29 is 0 Å². The minimum atomic E-state index is 0.270. The highest BCUT2D eigenvalue weighted by atomic mass is 16.5. The highest BCUT2D eigenvalue weighted by Gasteiger charge is 2.07. The molecule has 0 amide bonds. The minimum absolute atomic E-state index is 0.270. The molecule has 0 fully saturated rings. The molecule has 0 N–H and O–H groups in total. The van der Waals surface area contributed by atoms with Crippen molar-refractivity contribution in [1.29, 1.82) is 0 Å². The summed E-state index contributed by atoms with van der Waals surface area (Å²) >= 11 is 0. The van der Waals surface area contributed by atoms with Gasteiger partial charge in [0, 0.05) is 0 Å². The van der Waals surface area contributed by atoms with E-state index >= 15 is 0 Å². The van der Waals surface area contributed by atoms with Crippen LogP contribution in [0.5, 0.6) is 0 Å². The second-order valence-corrected chi connectivity index (χ2v) is 6.67. The van der Waals surface area contributed by atoms with Crippen LogP contribution < -0.4 is 0 Å². The maximum Gasteiger partial charge on any atom is -0.00282 e. The van der Waals surface area contributed by atoms with Crippen molar-refractivity contribution in [2.75, 3.05) is 7.05 Å². The maximum absolute atomic E-state index is 11.6. The first kappa shape index (κ1) is 20.9. The fraction of sp³-hybridized carbons (Fsp3) is 1.00. The number of unbranched alkanes of at least 4 members (excludes halogenated alkanes) is 11. The molecule has 0 aliphatic rings. The summed E-state index contributed by atoms with van der Waals surface area (Å²) in [6.07, 6.45) is 19.6. The monoisotopic (exact) mass is 298 g/mol. The van der Waals surface area contributed by atoms with E-state index in [2.05, 4.69) is 13.8 Å². The zero-order chi connectivity index (χ0) is 15.8. The zero-order valence-electron chi connectivity index (χ0n) is 15.0. The van der Waals surface area contributed by atoms with E-state index in [-0.39, 0.29) is 6.04 Å². The molecule has 0 saturated carbocycles. The number of hydroxylamine groups is 2. The zero-order valence-corrected chi connectivity index (χ0v) is 15.0. The van der Waals surface area contributed by atoms with Crippen LogP contribution in [0, 0.1) is 5.21 Å². The van der Waals surface area contributed by atoms with E-state index in [1.165, 1.54) is 88.5 Å². The number of nitrogens with zero attached hydrogens (tertiary/aromatic N) is 1. The predicted molar refractivity (Wildman–Crippen MR) is 95.5 cm³/mol. The lowest BCUT2D eigenvalue weighted by Crippen LogP contribution is -2.26. The van der Waals surface area contributed by atoms with Crippen LogP contribution in [0.1, 0.15) is 110 Å². The minimum Gasteiger partial charge on any atom is -0.785 e. The molecule has 0 bridgehead atoms. The van der Waals surface area contributed by atoms with Crippen LogP contribution in [0.4, 0.5) is 0 Å². The lowest BCUT2D eigenvalue weighted by atomic mass is 10.00. The summed E-state index contributed by atoms with van der Waals surface area (Å²) in [5.41, 5.74) is 0. The Kier molecular flexibility index (Phi) is 16.2. The Labute approximate surface area is 134 Å². The average Bonchev–Trinajstić information content (AvgIpc) is 2.47. The molecule has 128 valence electrons. The molecule has 1 unspecified atom stereocenters. The predicted octanol–water partition coefficient (Wildman–Crippen LogP) is 6.68. The fourth-order valence-corrected chi connectivity index (χ4v) is 3.01. The van der Waals surface area contributed by atoms with Crippen LogP contribution in [-0.4, -0.2) is 18.2 Å². The van der Waals surface area contributed by atoms with E-state index in [9.17, 15) is 5.21 Å². The largest absolute Gasteiger partial charge is 0.785 e. The molecule has 0 saturated heterocycles. The van der Waals surface area contributed by atoms with Gasteiger partial charge in [0.15, 0.2) is 0 Å². The van der Waals surface area contributed by atoms with Gasteiger partial charge < -0.3 is 10.3 Å². The van der Waals surface area contributed by atoms with Crippen LogP contribution in [0.25, 0.3) is 0 Å². The van der Waals surface area contributed by atoms with E-state index in [0.29, 0.717) is 0 Å². The normalized spacial score (nSPS) is 13.0. The molecule has 0 rings (SSSR count). The Morgan fingerprint density at radius 3 is 1.33 bits per heavy atom. The maximum atomic E-state index is 11.6. The first-order chi connectivity index (χ1) is 10.2. The second-order valence-electron chi connectivity index (χ2n) is 6.67. The van der Waals surface area contributed by atoms with Gasteiger partial charge in [0.2, 0.25) is 0 Å². The molecule has 21 heavy (non-hydrogen) atoms. The Bertz CT molecular complexity index is 194. The molecule has 0 heterocycles. The van der Waals surface area contributed by atoms with Crippen molar-refractivity contribution in [3.8, 4) is 0 Å². The molecule has 0 aliphatic carbocycles. The Morgan fingerprint density at radius 1 is 0.619 bits per heavy atom. The van der Waals surface area contributed by atoms with Gasteiger partial charge in [-0.05, 0) is 25.9 Å². The molecule has 2 heteroatoms. The van der Waals surface area contributed by atoms with E-state index in [1.807, 2.05) is 0 Å². The number of rotatable bonds is 16. The van der Waals surface area contributed by atoms with E-state index < -0.39 is 0 Å². The average molecular weight is 299 g/mol. The molecule has 0 aliphatic heterocycles. The summed E-state index contributed by atoms with van der Waals surface area (Å²) < 4.78 is 0. The van der Waals surface area contributed by atoms with Crippen molar-refractivity contribution in [2.24, 2.45) is 0 Å². The van der Waals surface area contributed by atoms with Crippen LogP contribution in [0.15, 0.2) is 0 Å². The van der Waals surface area contributed by atoms with Crippen LogP contribution >= 0.6 is 0 Å². The van der Waals surface area contributed by atoms with Crippen LogP contribution in [0.2, 0.25) is 0 Å². The lowest BCUT2D eigenvalue weighted by Gasteiger charge is -2.33. The van der Waals surface area contributed by atoms with Gasteiger partial charge in [0.05, 0.1) is 0 Å². The van der Waals surface area contributed by atoms with Gasteiger partial charge in [-0.3, -0.25) is 0 Å². The third-order valence-electron chi connectivity index (χ3n) is 4.55. The molecule has 0 aromatic rings. The van der Waals surface area contributed by atoms with Crippen molar-refractivity contribution in [3.63, 3.8) is 0 Å². The molecule has 0 aromatic carbocycles. The molecule has 0 aromatic heterocycles. The Morgan fingerprint density at radius 2 is 0.952 bits per heavy atom. The van der Waals surface area contributed by atoms with Crippen molar-refractivity contribution >= 4 is 0 Å². The second kappa shape index (κ2) is 16.3. The number of hydrogen-bond donors (Lipinski definition) is 0. The molecule has 2 nitrogen and oxygen atoms in total. The van der Waals surface area contributed by atoms with E-state index in [4.69, 9.17) is 0 Å². The summed E-state index contributed by atoms with van der Waals surface area (Å²) in [4.78, 5) is 0. The summed E-state index contributed by atoms with van der Waals surface area (Å²) in [6.45, 7) is 4.51. The third kappa shape index (κ3) is 14.6. The molecular weight excluding hydrogens is 258 g/mol. The van der Waals surface area contributed by atoms with E-state index in [1.54, 1.807) is 7.05 Å². The summed E-state index contributed by atoms with van der Waals surface area (Å²) in [5.74, 6) is 0. The molecule has 1 atom stereocenters. The summed E-state index contributed by atoms with van der Waals surface area (Å²) in [7, 11) is 1.71. The molecular formula is C19H40NO-. The van der Waals surface area contributed by atoms with E-state index in [0.717, 1.165) is 12.8 Å². The van der Waals surface area contributed by atoms with Gasteiger partial charge in [-0.2, -0.15) is 0 Å². The van der Waals surface area contributed by atoms with Gasteiger partial charge >= 0.3 is 0 Å². The molecule has 0 radical (unpaired) electrons. The SMILES string of the molecule is CCCCCCCCCCCC(CCCCCC)N(C)[O-]. The fourth-order valence-electron chi connectivity index (χ4n) is 3.01. The standard InChI is InChI=1S/C19H40NO/c1-4-6-8-10-11-12-13-14-16-18-19(20(3)21)17-15-9-7-5-2/h19H,4-18H2,1-3H3/q-1. The topological polar surface area (TPSA) is 26.3 Å². The van der Waals surface area contributed by atoms with Gasteiger partial charge in [-0.1, -0.05) is 97.3 Å². The quantitative estimate of drug-likeness (QED) is 0.235. The summed E-state index contributed by atoms with van der Waals surface area (Å²) in [6, 6.07) is 0.270. The van der Waals surface area contributed by atoms with Crippen molar-refractivity contribution in [2.45, 2.75) is 116 Å². The van der Waals surface area contributed by atoms with Gasteiger partial charge in [0.25, 0.3) is 0 Å². The van der Waals surface area contributed by atoms with Crippen LogP contribution in [0.3, 0.4) is 0 Å². The number of hydrogen-bond acceptors (Lipinski definition) is 2. The van der Waals surface area contributed by atoms with Gasteiger partial charge in [-0.15, -0.1) is 0 Å². The first-order valence-electron chi connectivity index (χ1n) is 9.62. The third-order valence-corrected chi connectivity index (χ3v) is 4.55. The van der Waals surface area contributed by atoms with Crippen molar-refractivity contribution in [1.82, 2.24) is 5.06 Å². The highest BCUT2D eigenvalue weighted by molar-refractivity contribution is 4.69. The Balaban J connectivity index is 3.43. The lowest BCUT2D eigenvalue weighted by molar-refractivity contribution is 0.280. The van der Waals surface area contributed by atoms with Crippen LogP contribution in [-0.2, 0) is 0 Å². The first-order valence-corrected chi connectivity index (χ1v) is 9.62. The van der Waals surface area contributed by atoms with Crippen molar-refractivity contribution in [3.05, 3.63) is 5.21 Å². The smallest absolute Gasteiger partial charge is 0.00282 e. The molecule has 0 spiro atoms. The Hall–Kier alpha value is -0.0800. The van der Waals surface area contributed by atoms with Gasteiger partial charge in [-0.25, -0.2) is 0 Å². The highest BCUT2D eigenvalue weighted by Crippen LogP contribution is 2.17.